The Kier molecular flexibility index (Phi) is 3.31. The number of rotatable bonds is 3. The molecule has 0 saturated heterocycles. The van der Waals surface area contributed by atoms with E-state index >= 15 is 0 Å². The lowest BCUT2D eigenvalue weighted by Gasteiger charge is -2.03. The van der Waals surface area contributed by atoms with Gasteiger partial charge in [-0.05, 0) is 12.1 Å². The van der Waals surface area contributed by atoms with Crippen LogP contribution in [0.25, 0.3) is 10.9 Å². The summed E-state index contributed by atoms with van der Waals surface area (Å²) in [7, 11) is 0. The maximum Gasteiger partial charge on any atom is 0.269 e. The van der Waals surface area contributed by atoms with Crippen LogP contribution in [0.5, 0.6) is 0 Å². The molecule has 1 aromatic carbocycles. The minimum Gasteiger partial charge on any atom is -0.350 e. The van der Waals surface area contributed by atoms with Crippen molar-refractivity contribution >= 4 is 16.8 Å². The zero-order valence-electron chi connectivity index (χ0n) is 9.18. The van der Waals surface area contributed by atoms with E-state index in [0.717, 1.165) is 10.9 Å². The Labute approximate surface area is 98.9 Å². The smallest absolute Gasteiger partial charge is 0.269 e. The number of carbonyl (C=O) groups excluding carboxylic acids is 1. The SMILES string of the molecule is N#CCCNC(=O)c1ccc2ccccc2n1. The van der Waals surface area contributed by atoms with Gasteiger partial charge < -0.3 is 5.32 Å². The number of nitriles is 1. The monoisotopic (exact) mass is 225 g/mol. The molecule has 0 fully saturated rings. The Bertz CT molecular complexity index is 586. The normalized spacial score (nSPS) is 9.82. The van der Waals surface area contributed by atoms with Crippen LogP contribution in [0.4, 0.5) is 0 Å². The first-order valence-electron chi connectivity index (χ1n) is 5.32. The van der Waals surface area contributed by atoms with Gasteiger partial charge in [-0.25, -0.2) is 4.98 Å². The highest BCUT2D eigenvalue weighted by Gasteiger charge is 2.06. The number of amides is 1. The van der Waals surface area contributed by atoms with Crippen LogP contribution in [0.2, 0.25) is 0 Å². The summed E-state index contributed by atoms with van der Waals surface area (Å²) in [5.41, 5.74) is 1.17. The first kappa shape index (κ1) is 11.1. The van der Waals surface area contributed by atoms with Crippen LogP contribution in [0.3, 0.4) is 0 Å². The van der Waals surface area contributed by atoms with Gasteiger partial charge >= 0.3 is 0 Å². The standard InChI is InChI=1S/C13H11N3O/c14-8-3-9-15-13(17)12-7-6-10-4-1-2-5-11(10)16-12/h1-2,4-7H,3,9H2,(H,15,17). The largest absolute Gasteiger partial charge is 0.350 e. The Hall–Kier alpha value is -2.41. The van der Waals surface area contributed by atoms with Crippen molar-refractivity contribution in [2.24, 2.45) is 0 Å². The Morgan fingerprint density at radius 2 is 2.12 bits per heavy atom. The molecule has 0 aliphatic carbocycles. The van der Waals surface area contributed by atoms with Crippen molar-refractivity contribution in [2.75, 3.05) is 6.54 Å². The fourth-order valence-corrected chi connectivity index (χ4v) is 1.51. The average Bonchev–Trinajstić information content (AvgIpc) is 2.38. The molecule has 17 heavy (non-hydrogen) atoms. The van der Waals surface area contributed by atoms with Gasteiger partial charge in [0, 0.05) is 11.9 Å². The maximum absolute atomic E-state index is 11.7. The molecule has 0 bridgehead atoms. The number of fused-ring (bicyclic) bond motifs is 1. The molecule has 0 spiro atoms. The van der Waals surface area contributed by atoms with Gasteiger partial charge in [-0.15, -0.1) is 0 Å². The summed E-state index contributed by atoms with van der Waals surface area (Å²) in [6.45, 7) is 0.351. The molecule has 1 heterocycles. The number of para-hydroxylation sites is 1. The molecule has 0 saturated carbocycles. The van der Waals surface area contributed by atoms with Gasteiger partial charge in [0.05, 0.1) is 18.0 Å². The van der Waals surface area contributed by atoms with E-state index in [1.54, 1.807) is 6.07 Å². The van der Waals surface area contributed by atoms with Crippen molar-refractivity contribution in [3.63, 3.8) is 0 Å². The second kappa shape index (κ2) is 5.08. The topological polar surface area (TPSA) is 65.8 Å². The van der Waals surface area contributed by atoms with Crippen molar-refractivity contribution in [1.29, 1.82) is 5.26 Å². The molecule has 1 N–H and O–H groups in total. The van der Waals surface area contributed by atoms with Gasteiger partial charge in [0.1, 0.15) is 5.69 Å². The number of carbonyl (C=O) groups is 1. The molecule has 1 amide bonds. The maximum atomic E-state index is 11.7. The third-order valence-electron chi connectivity index (χ3n) is 2.35. The lowest BCUT2D eigenvalue weighted by atomic mass is 10.2. The molecule has 0 radical (unpaired) electrons. The van der Waals surface area contributed by atoms with Gasteiger partial charge in [0.25, 0.3) is 5.91 Å². The zero-order valence-corrected chi connectivity index (χ0v) is 9.18. The number of hydrogen-bond acceptors (Lipinski definition) is 3. The summed E-state index contributed by atoms with van der Waals surface area (Å²) >= 11 is 0. The fraction of sp³-hybridized carbons (Fsp3) is 0.154. The number of pyridine rings is 1. The van der Waals surface area contributed by atoms with Crippen LogP contribution in [0, 0.1) is 11.3 Å². The van der Waals surface area contributed by atoms with Crippen LogP contribution in [-0.4, -0.2) is 17.4 Å². The third kappa shape index (κ3) is 2.58. The van der Waals surface area contributed by atoms with E-state index in [0.29, 0.717) is 18.7 Å². The van der Waals surface area contributed by atoms with E-state index in [4.69, 9.17) is 5.26 Å². The van der Waals surface area contributed by atoms with Gasteiger partial charge in [-0.2, -0.15) is 5.26 Å². The van der Waals surface area contributed by atoms with Crippen molar-refractivity contribution in [3.05, 3.63) is 42.1 Å². The molecule has 1 aromatic heterocycles. The van der Waals surface area contributed by atoms with Crippen molar-refractivity contribution in [3.8, 4) is 6.07 Å². The molecule has 0 atom stereocenters. The van der Waals surface area contributed by atoms with Crippen molar-refractivity contribution in [2.45, 2.75) is 6.42 Å². The molecule has 2 rings (SSSR count). The summed E-state index contributed by atoms with van der Waals surface area (Å²) < 4.78 is 0. The van der Waals surface area contributed by atoms with E-state index in [-0.39, 0.29) is 5.91 Å². The van der Waals surface area contributed by atoms with E-state index in [1.165, 1.54) is 0 Å². The van der Waals surface area contributed by atoms with Crippen LogP contribution < -0.4 is 5.32 Å². The number of aromatic nitrogens is 1. The number of benzene rings is 1. The highest BCUT2D eigenvalue weighted by atomic mass is 16.1. The second-order valence-electron chi connectivity index (χ2n) is 3.55. The Morgan fingerprint density at radius 1 is 1.29 bits per heavy atom. The van der Waals surface area contributed by atoms with Gasteiger partial charge in [-0.3, -0.25) is 4.79 Å². The van der Waals surface area contributed by atoms with Gasteiger partial charge in [-0.1, -0.05) is 24.3 Å². The molecular weight excluding hydrogens is 214 g/mol. The summed E-state index contributed by atoms with van der Waals surface area (Å²) in [6.07, 6.45) is 0.305. The molecule has 84 valence electrons. The minimum absolute atomic E-state index is 0.244. The molecular formula is C13H11N3O. The number of nitrogens with one attached hydrogen (secondary N) is 1. The molecule has 0 unspecified atom stereocenters. The number of nitrogens with zero attached hydrogens (tertiary/aromatic N) is 2. The van der Waals surface area contributed by atoms with Gasteiger partial charge in [0.2, 0.25) is 0 Å². The molecule has 0 aliphatic heterocycles. The van der Waals surface area contributed by atoms with E-state index in [9.17, 15) is 4.79 Å². The second-order valence-corrected chi connectivity index (χ2v) is 3.55. The summed E-state index contributed by atoms with van der Waals surface area (Å²) in [5.74, 6) is -0.244. The summed E-state index contributed by atoms with van der Waals surface area (Å²) in [5, 5.41) is 12.0. The van der Waals surface area contributed by atoms with Crippen molar-refractivity contribution < 1.29 is 4.79 Å². The lowest BCUT2D eigenvalue weighted by Crippen LogP contribution is -2.25. The average molecular weight is 225 g/mol. The Balaban J connectivity index is 2.19. The quantitative estimate of drug-likeness (QED) is 0.811. The highest BCUT2D eigenvalue weighted by molar-refractivity contribution is 5.94. The van der Waals surface area contributed by atoms with Crippen LogP contribution in [-0.2, 0) is 0 Å². The van der Waals surface area contributed by atoms with Crippen LogP contribution in [0.15, 0.2) is 36.4 Å². The van der Waals surface area contributed by atoms with Crippen LogP contribution in [0.1, 0.15) is 16.9 Å². The van der Waals surface area contributed by atoms with E-state index in [1.807, 2.05) is 36.4 Å². The van der Waals surface area contributed by atoms with E-state index in [2.05, 4.69) is 10.3 Å². The van der Waals surface area contributed by atoms with Gasteiger partial charge in [0.15, 0.2) is 0 Å². The van der Waals surface area contributed by atoms with Crippen LogP contribution >= 0.6 is 0 Å². The molecule has 4 heteroatoms. The molecule has 4 nitrogen and oxygen atoms in total. The zero-order chi connectivity index (χ0) is 12.1. The fourth-order valence-electron chi connectivity index (χ4n) is 1.51. The van der Waals surface area contributed by atoms with Crippen molar-refractivity contribution in [1.82, 2.24) is 10.3 Å². The minimum atomic E-state index is -0.244. The predicted octanol–water partition coefficient (Wildman–Crippen LogP) is 1.88. The van der Waals surface area contributed by atoms with E-state index < -0.39 is 0 Å². The lowest BCUT2D eigenvalue weighted by molar-refractivity contribution is 0.0950. The molecule has 2 aromatic rings. The predicted molar refractivity (Wildman–Crippen MR) is 64.3 cm³/mol. The number of hydrogen-bond donors (Lipinski definition) is 1. The first-order valence-corrected chi connectivity index (χ1v) is 5.32. The summed E-state index contributed by atoms with van der Waals surface area (Å²) in [4.78, 5) is 15.9. The molecule has 0 aliphatic rings. The highest BCUT2D eigenvalue weighted by Crippen LogP contribution is 2.11. The summed E-state index contributed by atoms with van der Waals surface area (Å²) in [6, 6.07) is 13.1. The first-order chi connectivity index (χ1) is 8.31. The third-order valence-corrected chi connectivity index (χ3v) is 2.35. The Morgan fingerprint density at radius 3 is 2.94 bits per heavy atom.